The van der Waals surface area contributed by atoms with Gasteiger partial charge in [0.25, 0.3) is 0 Å². The molecular weight excluding hydrogens is 228 g/mol. The average molecular weight is 254 g/mol. The van der Waals surface area contributed by atoms with E-state index in [9.17, 15) is 15.0 Å². The second kappa shape index (κ2) is 4.61. The highest BCUT2D eigenvalue weighted by molar-refractivity contribution is 5.79. The fraction of sp³-hybridized carbons (Fsp3) is 0.933. The molecule has 0 bridgehead atoms. The summed E-state index contributed by atoms with van der Waals surface area (Å²) in [7, 11) is 0. The molecule has 2 saturated carbocycles. The Kier molecular flexibility index (Phi) is 3.58. The van der Waals surface area contributed by atoms with E-state index in [4.69, 9.17) is 0 Å². The van der Waals surface area contributed by atoms with Gasteiger partial charge in [-0.25, -0.2) is 0 Å². The highest BCUT2D eigenvalue weighted by atomic mass is 16.3. The van der Waals surface area contributed by atoms with Crippen molar-refractivity contribution in [3.63, 3.8) is 0 Å². The monoisotopic (exact) mass is 254 g/mol. The third kappa shape index (κ3) is 2.12. The van der Waals surface area contributed by atoms with Crippen molar-refractivity contribution in [1.29, 1.82) is 0 Å². The number of aliphatic hydroxyl groups excluding tert-OH is 1. The zero-order valence-corrected chi connectivity index (χ0v) is 11.9. The predicted molar refractivity (Wildman–Crippen MR) is 70.0 cm³/mol. The second-order valence-corrected chi connectivity index (χ2v) is 6.93. The van der Waals surface area contributed by atoms with E-state index in [0.29, 0.717) is 18.3 Å². The van der Waals surface area contributed by atoms with E-state index in [2.05, 4.69) is 13.8 Å². The van der Waals surface area contributed by atoms with E-state index in [1.165, 1.54) is 0 Å². The van der Waals surface area contributed by atoms with Crippen molar-refractivity contribution in [2.45, 2.75) is 58.7 Å². The van der Waals surface area contributed by atoms with Crippen LogP contribution in [0.25, 0.3) is 0 Å². The zero-order valence-electron chi connectivity index (χ0n) is 11.9. The number of Topliss-reactive ketones (excluding diaryl/α,β-unsaturated/α-hetero) is 1. The number of rotatable bonds is 2. The van der Waals surface area contributed by atoms with Crippen molar-refractivity contribution < 1.29 is 15.0 Å². The van der Waals surface area contributed by atoms with Crippen molar-refractivity contribution >= 4 is 5.78 Å². The van der Waals surface area contributed by atoms with Crippen LogP contribution in [0, 0.1) is 29.6 Å². The van der Waals surface area contributed by atoms with Gasteiger partial charge in [-0.3, -0.25) is 4.79 Å². The molecule has 0 amide bonds. The Balaban J connectivity index is 2.35. The van der Waals surface area contributed by atoms with Gasteiger partial charge < -0.3 is 10.2 Å². The number of hydrogen-bond donors (Lipinski definition) is 2. The quantitative estimate of drug-likeness (QED) is 0.792. The molecule has 0 heterocycles. The van der Waals surface area contributed by atoms with Gasteiger partial charge in [-0.15, -0.1) is 0 Å². The van der Waals surface area contributed by atoms with Gasteiger partial charge in [-0.05, 0) is 56.8 Å². The molecule has 2 aliphatic rings. The SMILES string of the molecule is CC(=O)C1C(O)CC2C1C(C(C)C)CCC2(C)O. The third-order valence-corrected chi connectivity index (χ3v) is 5.39. The number of aliphatic hydroxyl groups is 2. The Labute approximate surface area is 110 Å². The van der Waals surface area contributed by atoms with Crippen molar-refractivity contribution in [2.75, 3.05) is 0 Å². The Morgan fingerprint density at radius 3 is 2.50 bits per heavy atom. The van der Waals surface area contributed by atoms with Crippen molar-refractivity contribution in [3.8, 4) is 0 Å². The van der Waals surface area contributed by atoms with Gasteiger partial charge in [0.1, 0.15) is 5.78 Å². The largest absolute Gasteiger partial charge is 0.392 e. The van der Waals surface area contributed by atoms with Crippen LogP contribution in [0.1, 0.15) is 47.0 Å². The lowest BCUT2D eigenvalue weighted by molar-refractivity contribution is -0.129. The summed E-state index contributed by atoms with van der Waals surface area (Å²) >= 11 is 0. The Hall–Kier alpha value is -0.410. The van der Waals surface area contributed by atoms with Gasteiger partial charge >= 0.3 is 0 Å². The smallest absolute Gasteiger partial charge is 0.135 e. The molecule has 2 fully saturated rings. The van der Waals surface area contributed by atoms with E-state index in [0.717, 1.165) is 12.8 Å². The predicted octanol–water partition coefficient (Wildman–Crippen LogP) is 2.01. The van der Waals surface area contributed by atoms with Crippen LogP contribution >= 0.6 is 0 Å². The van der Waals surface area contributed by atoms with Crippen LogP contribution in [0.5, 0.6) is 0 Å². The summed E-state index contributed by atoms with van der Waals surface area (Å²) in [4.78, 5) is 11.8. The fourth-order valence-corrected chi connectivity index (χ4v) is 4.46. The van der Waals surface area contributed by atoms with Gasteiger partial charge in [-0.2, -0.15) is 0 Å². The Bertz CT molecular complexity index is 335. The maximum Gasteiger partial charge on any atom is 0.135 e. The maximum atomic E-state index is 11.8. The molecule has 2 rings (SSSR count). The summed E-state index contributed by atoms with van der Waals surface area (Å²) in [6, 6.07) is 0. The highest BCUT2D eigenvalue weighted by Gasteiger charge is 2.56. The standard InChI is InChI=1S/C15H26O3/c1-8(2)10-5-6-15(4,18)11-7-12(17)13(9(3)16)14(10)11/h8,10-14,17-18H,5-7H2,1-4H3. The summed E-state index contributed by atoms with van der Waals surface area (Å²) in [5.74, 6) is 0.985. The van der Waals surface area contributed by atoms with E-state index in [1.54, 1.807) is 6.92 Å². The van der Waals surface area contributed by atoms with Crippen molar-refractivity contribution in [1.82, 2.24) is 0 Å². The molecule has 6 unspecified atom stereocenters. The molecular formula is C15H26O3. The average Bonchev–Trinajstić information content (AvgIpc) is 2.56. The molecule has 0 aromatic rings. The molecule has 104 valence electrons. The molecule has 0 aromatic heterocycles. The van der Waals surface area contributed by atoms with Gasteiger partial charge in [-0.1, -0.05) is 13.8 Å². The fourth-order valence-electron chi connectivity index (χ4n) is 4.46. The summed E-state index contributed by atoms with van der Waals surface area (Å²) in [5.41, 5.74) is -0.721. The van der Waals surface area contributed by atoms with Crippen LogP contribution in [0.15, 0.2) is 0 Å². The van der Waals surface area contributed by atoms with E-state index >= 15 is 0 Å². The molecule has 2 aliphatic carbocycles. The number of carbonyl (C=O) groups excluding carboxylic acids is 1. The molecule has 18 heavy (non-hydrogen) atoms. The first-order chi connectivity index (χ1) is 8.25. The van der Waals surface area contributed by atoms with Gasteiger partial charge in [0, 0.05) is 5.92 Å². The number of fused-ring (bicyclic) bond motifs is 1. The molecule has 0 spiro atoms. The lowest BCUT2D eigenvalue weighted by Crippen LogP contribution is -2.47. The minimum Gasteiger partial charge on any atom is -0.392 e. The minimum atomic E-state index is -0.721. The third-order valence-electron chi connectivity index (χ3n) is 5.39. The highest BCUT2D eigenvalue weighted by Crippen LogP contribution is 2.54. The summed E-state index contributed by atoms with van der Waals surface area (Å²) in [6.07, 6.45) is 1.75. The summed E-state index contributed by atoms with van der Waals surface area (Å²) in [5, 5.41) is 20.7. The zero-order chi connectivity index (χ0) is 13.7. The van der Waals surface area contributed by atoms with Crippen molar-refractivity contribution in [3.05, 3.63) is 0 Å². The van der Waals surface area contributed by atoms with Gasteiger partial charge in [0.15, 0.2) is 0 Å². The van der Waals surface area contributed by atoms with Crippen molar-refractivity contribution in [2.24, 2.45) is 29.6 Å². The van der Waals surface area contributed by atoms with Gasteiger partial charge in [0.05, 0.1) is 11.7 Å². The molecule has 2 N–H and O–H groups in total. The first kappa shape index (κ1) is 14.0. The molecule has 0 aliphatic heterocycles. The number of ketones is 1. The van der Waals surface area contributed by atoms with E-state index < -0.39 is 11.7 Å². The minimum absolute atomic E-state index is 0.0718. The number of hydrogen-bond acceptors (Lipinski definition) is 3. The summed E-state index contributed by atoms with van der Waals surface area (Å²) in [6.45, 7) is 7.82. The Morgan fingerprint density at radius 1 is 1.39 bits per heavy atom. The van der Waals surface area contributed by atoms with E-state index in [1.807, 2.05) is 6.92 Å². The maximum absolute atomic E-state index is 11.8. The molecule has 6 atom stereocenters. The lowest BCUT2D eigenvalue weighted by Gasteiger charge is -2.46. The van der Waals surface area contributed by atoms with Crippen LogP contribution in [0.4, 0.5) is 0 Å². The topological polar surface area (TPSA) is 57.5 Å². The van der Waals surface area contributed by atoms with Gasteiger partial charge in [0.2, 0.25) is 0 Å². The van der Waals surface area contributed by atoms with Crippen LogP contribution < -0.4 is 0 Å². The summed E-state index contributed by atoms with van der Waals surface area (Å²) < 4.78 is 0. The van der Waals surface area contributed by atoms with Crippen LogP contribution in [-0.4, -0.2) is 27.7 Å². The molecule has 0 aromatic carbocycles. The lowest BCUT2D eigenvalue weighted by atomic mass is 9.61. The molecule has 3 heteroatoms. The Morgan fingerprint density at radius 2 is 2.00 bits per heavy atom. The van der Waals surface area contributed by atoms with Crippen LogP contribution in [-0.2, 0) is 4.79 Å². The number of carbonyl (C=O) groups is 1. The van der Waals surface area contributed by atoms with Crippen LogP contribution in [0.2, 0.25) is 0 Å². The molecule has 0 radical (unpaired) electrons. The normalized spacial score (nSPS) is 48.3. The second-order valence-electron chi connectivity index (χ2n) is 6.93. The van der Waals surface area contributed by atoms with E-state index in [-0.39, 0.29) is 23.5 Å². The molecule has 3 nitrogen and oxygen atoms in total. The first-order valence-corrected chi connectivity index (χ1v) is 7.16. The first-order valence-electron chi connectivity index (χ1n) is 7.16. The molecule has 0 saturated heterocycles. The van der Waals surface area contributed by atoms with Crippen LogP contribution in [0.3, 0.4) is 0 Å².